The molecule has 100 valence electrons. The van der Waals surface area contributed by atoms with E-state index in [-0.39, 0.29) is 6.54 Å². The summed E-state index contributed by atoms with van der Waals surface area (Å²) in [5, 5.41) is 38.3. The average Bonchev–Trinajstić information content (AvgIpc) is 2.65. The highest BCUT2D eigenvalue weighted by molar-refractivity contribution is 5.15. The van der Waals surface area contributed by atoms with E-state index in [4.69, 9.17) is 5.11 Å². The molecule has 2 rings (SSSR count). The first-order chi connectivity index (χ1) is 8.63. The van der Waals surface area contributed by atoms with Crippen molar-refractivity contribution >= 4 is 0 Å². The standard InChI is InChI=1S/C13H19NO4/c15-8-11(17)12-13(18)10(16)7-14(12)6-9-4-2-1-3-5-9/h1-5,10-13,15-18H,6-8H2/t10-,11-,12+,13-/m1/s1. The van der Waals surface area contributed by atoms with Crippen LogP contribution in [0.3, 0.4) is 0 Å². The Hall–Kier alpha value is -0.980. The number of rotatable bonds is 4. The van der Waals surface area contributed by atoms with Gasteiger partial charge in [-0.25, -0.2) is 0 Å². The Bertz CT molecular complexity index is 373. The van der Waals surface area contributed by atoms with E-state index in [1.165, 1.54) is 0 Å². The molecule has 1 aromatic rings. The molecule has 1 saturated heterocycles. The van der Waals surface area contributed by atoms with Crippen LogP contribution in [-0.4, -0.2) is 62.8 Å². The van der Waals surface area contributed by atoms with Crippen molar-refractivity contribution in [2.45, 2.75) is 30.9 Å². The summed E-state index contributed by atoms with van der Waals surface area (Å²) in [7, 11) is 0. The number of β-amino-alcohol motifs (C(OH)–C–C–N with tert-alkyl or cyclic N) is 1. The maximum atomic E-state index is 9.84. The molecule has 18 heavy (non-hydrogen) atoms. The molecular weight excluding hydrogens is 234 g/mol. The minimum Gasteiger partial charge on any atom is -0.394 e. The highest BCUT2D eigenvalue weighted by atomic mass is 16.3. The van der Waals surface area contributed by atoms with Crippen LogP contribution in [0.15, 0.2) is 30.3 Å². The van der Waals surface area contributed by atoms with Crippen LogP contribution in [0.5, 0.6) is 0 Å². The van der Waals surface area contributed by atoms with Crippen LogP contribution in [0.2, 0.25) is 0 Å². The summed E-state index contributed by atoms with van der Waals surface area (Å²) in [6, 6.07) is 8.99. The minimum atomic E-state index is -1.05. The van der Waals surface area contributed by atoms with Gasteiger partial charge in [-0.15, -0.1) is 0 Å². The molecule has 0 saturated carbocycles. The third-order valence-corrected chi connectivity index (χ3v) is 3.40. The predicted octanol–water partition coefficient (Wildman–Crippen LogP) is -1.05. The summed E-state index contributed by atoms with van der Waals surface area (Å²) in [6.07, 6.45) is -2.98. The number of nitrogens with zero attached hydrogens (tertiary/aromatic N) is 1. The van der Waals surface area contributed by atoms with Crippen LogP contribution >= 0.6 is 0 Å². The SMILES string of the molecule is OC[C@@H](O)[C@H]1[C@H](O)[C@H](O)CN1Cc1ccccc1. The number of hydrogen-bond donors (Lipinski definition) is 4. The number of aliphatic hydroxyl groups excluding tert-OH is 4. The molecule has 1 aliphatic heterocycles. The number of likely N-dealkylation sites (tertiary alicyclic amines) is 1. The lowest BCUT2D eigenvalue weighted by Crippen LogP contribution is -2.46. The van der Waals surface area contributed by atoms with Crippen molar-refractivity contribution in [1.29, 1.82) is 0 Å². The molecule has 1 aromatic carbocycles. The average molecular weight is 253 g/mol. The molecule has 0 amide bonds. The molecule has 0 aromatic heterocycles. The molecule has 0 unspecified atom stereocenters. The molecule has 0 aliphatic carbocycles. The maximum absolute atomic E-state index is 9.84. The van der Waals surface area contributed by atoms with Crippen molar-refractivity contribution < 1.29 is 20.4 Å². The summed E-state index contributed by atoms with van der Waals surface area (Å²) in [5.74, 6) is 0. The lowest BCUT2D eigenvalue weighted by molar-refractivity contribution is -0.0317. The molecule has 5 heteroatoms. The highest BCUT2D eigenvalue weighted by Gasteiger charge is 2.43. The number of aliphatic hydroxyl groups is 4. The molecule has 0 bridgehead atoms. The van der Waals surface area contributed by atoms with E-state index in [0.717, 1.165) is 5.56 Å². The molecule has 4 N–H and O–H groups in total. The Labute approximate surface area is 106 Å². The first-order valence-corrected chi connectivity index (χ1v) is 6.06. The van der Waals surface area contributed by atoms with Crippen LogP contribution < -0.4 is 0 Å². The van der Waals surface area contributed by atoms with Gasteiger partial charge in [-0.1, -0.05) is 30.3 Å². The predicted molar refractivity (Wildman–Crippen MR) is 65.7 cm³/mol. The van der Waals surface area contributed by atoms with Gasteiger partial charge in [0.1, 0.15) is 0 Å². The van der Waals surface area contributed by atoms with Crippen molar-refractivity contribution in [2.24, 2.45) is 0 Å². The van der Waals surface area contributed by atoms with Gasteiger partial charge in [0.05, 0.1) is 31.0 Å². The Morgan fingerprint density at radius 2 is 1.89 bits per heavy atom. The van der Waals surface area contributed by atoms with Crippen molar-refractivity contribution in [3.05, 3.63) is 35.9 Å². The molecular formula is C13H19NO4. The summed E-state index contributed by atoms with van der Waals surface area (Å²) >= 11 is 0. The Kier molecular flexibility index (Phi) is 4.31. The van der Waals surface area contributed by atoms with Gasteiger partial charge in [-0.2, -0.15) is 0 Å². The van der Waals surface area contributed by atoms with Crippen LogP contribution in [0.4, 0.5) is 0 Å². The molecule has 4 atom stereocenters. The Balaban J connectivity index is 2.11. The zero-order chi connectivity index (χ0) is 13.1. The Morgan fingerprint density at radius 3 is 2.50 bits per heavy atom. The van der Waals surface area contributed by atoms with Gasteiger partial charge in [0.2, 0.25) is 0 Å². The van der Waals surface area contributed by atoms with E-state index in [9.17, 15) is 15.3 Å². The fourth-order valence-corrected chi connectivity index (χ4v) is 2.48. The fraction of sp³-hybridized carbons (Fsp3) is 0.538. The van der Waals surface area contributed by atoms with E-state index < -0.39 is 31.0 Å². The lowest BCUT2D eigenvalue weighted by Gasteiger charge is -2.29. The van der Waals surface area contributed by atoms with Gasteiger partial charge < -0.3 is 20.4 Å². The molecule has 1 aliphatic rings. The second kappa shape index (κ2) is 5.77. The summed E-state index contributed by atoms with van der Waals surface area (Å²) < 4.78 is 0. The quantitative estimate of drug-likeness (QED) is 0.550. The van der Waals surface area contributed by atoms with E-state index in [1.54, 1.807) is 4.90 Å². The summed E-state index contributed by atoms with van der Waals surface area (Å²) in [4.78, 5) is 1.80. The van der Waals surface area contributed by atoms with E-state index >= 15 is 0 Å². The topological polar surface area (TPSA) is 84.2 Å². The minimum absolute atomic E-state index is 0.289. The summed E-state index contributed by atoms with van der Waals surface area (Å²) in [6.45, 7) is 0.383. The largest absolute Gasteiger partial charge is 0.394 e. The zero-order valence-corrected chi connectivity index (χ0v) is 10.1. The molecule has 0 spiro atoms. The number of benzene rings is 1. The summed E-state index contributed by atoms with van der Waals surface area (Å²) in [5.41, 5.74) is 1.04. The van der Waals surface area contributed by atoms with Gasteiger partial charge in [0.15, 0.2) is 0 Å². The van der Waals surface area contributed by atoms with Gasteiger partial charge in [-0.3, -0.25) is 4.90 Å². The molecule has 1 heterocycles. The smallest absolute Gasteiger partial charge is 0.0992 e. The maximum Gasteiger partial charge on any atom is 0.0992 e. The normalized spacial score (nSPS) is 30.6. The third kappa shape index (κ3) is 2.71. The first-order valence-electron chi connectivity index (χ1n) is 6.06. The van der Waals surface area contributed by atoms with Crippen LogP contribution in [-0.2, 0) is 6.54 Å². The first kappa shape index (κ1) is 13.5. The second-order valence-electron chi connectivity index (χ2n) is 4.71. The molecule has 5 nitrogen and oxygen atoms in total. The van der Waals surface area contributed by atoms with Gasteiger partial charge in [0, 0.05) is 13.1 Å². The van der Waals surface area contributed by atoms with Crippen molar-refractivity contribution in [3.8, 4) is 0 Å². The van der Waals surface area contributed by atoms with Gasteiger partial charge in [-0.05, 0) is 5.56 Å². The van der Waals surface area contributed by atoms with Crippen molar-refractivity contribution in [2.75, 3.05) is 13.2 Å². The van der Waals surface area contributed by atoms with E-state index in [1.807, 2.05) is 30.3 Å². The Morgan fingerprint density at radius 1 is 1.22 bits per heavy atom. The van der Waals surface area contributed by atoms with Crippen LogP contribution in [0.25, 0.3) is 0 Å². The third-order valence-electron chi connectivity index (χ3n) is 3.40. The van der Waals surface area contributed by atoms with E-state index in [0.29, 0.717) is 6.54 Å². The molecule has 1 fully saturated rings. The number of hydrogen-bond acceptors (Lipinski definition) is 5. The second-order valence-corrected chi connectivity index (χ2v) is 4.71. The van der Waals surface area contributed by atoms with Crippen LogP contribution in [0.1, 0.15) is 5.56 Å². The van der Waals surface area contributed by atoms with Gasteiger partial charge >= 0.3 is 0 Å². The van der Waals surface area contributed by atoms with Gasteiger partial charge in [0.25, 0.3) is 0 Å². The van der Waals surface area contributed by atoms with E-state index in [2.05, 4.69) is 0 Å². The molecule has 0 radical (unpaired) electrons. The zero-order valence-electron chi connectivity index (χ0n) is 10.1. The van der Waals surface area contributed by atoms with Crippen LogP contribution in [0, 0.1) is 0 Å². The fourth-order valence-electron chi connectivity index (χ4n) is 2.48. The monoisotopic (exact) mass is 253 g/mol. The van der Waals surface area contributed by atoms with Crippen molar-refractivity contribution in [3.63, 3.8) is 0 Å². The van der Waals surface area contributed by atoms with Crippen molar-refractivity contribution in [1.82, 2.24) is 4.90 Å². The lowest BCUT2D eigenvalue weighted by atomic mass is 10.0. The highest BCUT2D eigenvalue weighted by Crippen LogP contribution is 2.23.